The lowest BCUT2D eigenvalue weighted by atomic mass is 9.78. The van der Waals surface area contributed by atoms with E-state index in [9.17, 15) is 0 Å². The van der Waals surface area contributed by atoms with Crippen LogP contribution in [0.4, 0.5) is 0 Å². The maximum atomic E-state index is 2.29. The van der Waals surface area contributed by atoms with Crippen LogP contribution >= 0.6 is 0 Å². The third kappa shape index (κ3) is 3.22. The lowest BCUT2D eigenvalue weighted by Crippen LogP contribution is -2.14. The molecule has 1 unspecified atom stereocenters. The van der Waals surface area contributed by atoms with Crippen LogP contribution in [0.5, 0.6) is 0 Å². The summed E-state index contributed by atoms with van der Waals surface area (Å²) in [6, 6.07) is 10.7. The van der Waals surface area contributed by atoms with E-state index in [4.69, 9.17) is 0 Å². The van der Waals surface area contributed by atoms with E-state index in [1.165, 1.54) is 5.56 Å². The molecule has 0 N–H and O–H groups in total. The van der Waals surface area contributed by atoms with Crippen molar-refractivity contribution in [3.05, 3.63) is 35.9 Å². The van der Waals surface area contributed by atoms with E-state index >= 15 is 0 Å². The van der Waals surface area contributed by atoms with Crippen LogP contribution in [0.1, 0.15) is 46.6 Å². The smallest absolute Gasteiger partial charge is 0.0142 e. The predicted molar refractivity (Wildman–Crippen MR) is 61.0 cm³/mol. The molecule has 0 amide bonds. The molecular formula is C13H22. The SMILES string of the molecule is C.CC(c1ccccc1)C(C)(C)C. The molecule has 74 valence electrons. The third-order valence-electron chi connectivity index (χ3n) is 2.60. The molecular weight excluding hydrogens is 156 g/mol. The molecule has 0 bridgehead atoms. The topological polar surface area (TPSA) is 0 Å². The average molecular weight is 178 g/mol. The quantitative estimate of drug-likeness (QED) is 0.595. The highest BCUT2D eigenvalue weighted by molar-refractivity contribution is 5.20. The Bertz CT molecular complexity index is 228. The second-order valence-corrected chi connectivity index (χ2v) is 4.50. The van der Waals surface area contributed by atoms with Crippen molar-refractivity contribution in [1.82, 2.24) is 0 Å². The van der Waals surface area contributed by atoms with Crippen LogP contribution in [0.25, 0.3) is 0 Å². The van der Waals surface area contributed by atoms with Gasteiger partial charge >= 0.3 is 0 Å². The molecule has 0 aliphatic rings. The maximum Gasteiger partial charge on any atom is -0.0142 e. The first-order valence-electron chi connectivity index (χ1n) is 4.57. The zero-order chi connectivity index (χ0) is 9.19. The van der Waals surface area contributed by atoms with Gasteiger partial charge in [-0.15, -0.1) is 0 Å². The molecule has 13 heavy (non-hydrogen) atoms. The highest BCUT2D eigenvalue weighted by Crippen LogP contribution is 2.33. The highest BCUT2D eigenvalue weighted by atomic mass is 14.3. The summed E-state index contributed by atoms with van der Waals surface area (Å²) in [5.74, 6) is 0.624. The minimum absolute atomic E-state index is 0. The van der Waals surface area contributed by atoms with E-state index in [0.29, 0.717) is 11.3 Å². The Morgan fingerprint density at radius 1 is 1.00 bits per heavy atom. The minimum atomic E-state index is 0. The maximum absolute atomic E-state index is 2.29. The van der Waals surface area contributed by atoms with Crippen LogP contribution < -0.4 is 0 Å². The minimum Gasteiger partial charge on any atom is -0.0776 e. The van der Waals surface area contributed by atoms with Crippen molar-refractivity contribution in [2.24, 2.45) is 5.41 Å². The van der Waals surface area contributed by atoms with Gasteiger partial charge in [-0.25, -0.2) is 0 Å². The largest absolute Gasteiger partial charge is 0.0776 e. The molecule has 1 aromatic rings. The Hall–Kier alpha value is -0.780. The van der Waals surface area contributed by atoms with E-state index in [2.05, 4.69) is 58.0 Å². The zero-order valence-corrected chi connectivity index (χ0v) is 8.46. The van der Waals surface area contributed by atoms with Crippen LogP contribution in [0.3, 0.4) is 0 Å². The van der Waals surface area contributed by atoms with Crippen LogP contribution in [0, 0.1) is 5.41 Å². The first-order valence-corrected chi connectivity index (χ1v) is 4.57. The average Bonchev–Trinajstić information content (AvgIpc) is 2.03. The van der Waals surface area contributed by atoms with Crippen molar-refractivity contribution in [1.29, 1.82) is 0 Å². The standard InChI is InChI=1S/C12H18.CH4/c1-10(12(2,3)4)11-8-6-5-7-9-11;/h5-10H,1-4H3;1H4. The van der Waals surface area contributed by atoms with Crippen molar-refractivity contribution in [3.8, 4) is 0 Å². The van der Waals surface area contributed by atoms with Gasteiger partial charge in [0, 0.05) is 0 Å². The molecule has 0 saturated carbocycles. The van der Waals surface area contributed by atoms with Crippen molar-refractivity contribution in [2.45, 2.75) is 41.0 Å². The van der Waals surface area contributed by atoms with Gasteiger partial charge in [0.25, 0.3) is 0 Å². The Balaban J connectivity index is 0.00000144. The fraction of sp³-hybridized carbons (Fsp3) is 0.538. The van der Waals surface area contributed by atoms with Gasteiger partial charge in [0.1, 0.15) is 0 Å². The lowest BCUT2D eigenvalue weighted by molar-refractivity contribution is 0.339. The molecule has 1 atom stereocenters. The number of hydrogen-bond acceptors (Lipinski definition) is 0. The summed E-state index contributed by atoms with van der Waals surface area (Å²) < 4.78 is 0. The van der Waals surface area contributed by atoms with Gasteiger partial charge in [-0.2, -0.15) is 0 Å². The van der Waals surface area contributed by atoms with E-state index in [1.54, 1.807) is 0 Å². The van der Waals surface area contributed by atoms with Gasteiger partial charge in [0.2, 0.25) is 0 Å². The van der Waals surface area contributed by atoms with Crippen LogP contribution in [0.15, 0.2) is 30.3 Å². The summed E-state index contributed by atoms with van der Waals surface area (Å²) in [4.78, 5) is 0. The number of benzene rings is 1. The van der Waals surface area contributed by atoms with Gasteiger partial charge in [-0.1, -0.05) is 65.5 Å². The highest BCUT2D eigenvalue weighted by Gasteiger charge is 2.20. The Morgan fingerprint density at radius 2 is 1.46 bits per heavy atom. The molecule has 0 spiro atoms. The molecule has 0 nitrogen and oxygen atoms in total. The van der Waals surface area contributed by atoms with E-state index in [1.807, 2.05) is 0 Å². The molecule has 0 aliphatic heterocycles. The van der Waals surface area contributed by atoms with Gasteiger partial charge < -0.3 is 0 Å². The fourth-order valence-electron chi connectivity index (χ4n) is 1.24. The molecule has 0 heterocycles. The van der Waals surface area contributed by atoms with Crippen LogP contribution in [-0.2, 0) is 0 Å². The summed E-state index contributed by atoms with van der Waals surface area (Å²) in [6.45, 7) is 9.13. The van der Waals surface area contributed by atoms with Gasteiger partial charge in [-0.05, 0) is 16.9 Å². The molecule has 0 aromatic heterocycles. The third-order valence-corrected chi connectivity index (χ3v) is 2.60. The van der Waals surface area contributed by atoms with Crippen molar-refractivity contribution >= 4 is 0 Å². The van der Waals surface area contributed by atoms with E-state index < -0.39 is 0 Å². The fourth-order valence-corrected chi connectivity index (χ4v) is 1.24. The molecule has 1 rings (SSSR count). The van der Waals surface area contributed by atoms with Crippen molar-refractivity contribution < 1.29 is 0 Å². The van der Waals surface area contributed by atoms with Gasteiger partial charge in [0.15, 0.2) is 0 Å². The summed E-state index contributed by atoms with van der Waals surface area (Å²) in [7, 11) is 0. The molecule has 0 aliphatic carbocycles. The summed E-state index contributed by atoms with van der Waals surface area (Å²) >= 11 is 0. The second kappa shape index (κ2) is 4.45. The molecule has 0 radical (unpaired) electrons. The monoisotopic (exact) mass is 178 g/mol. The lowest BCUT2D eigenvalue weighted by Gasteiger charge is -2.27. The predicted octanol–water partition coefficient (Wildman–Crippen LogP) is 4.47. The van der Waals surface area contributed by atoms with E-state index in [0.717, 1.165) is 0 Å². The first kappa shape index (κ1) is 12.2. The van der Waals surface area contributed by atoms with E-state index in [-0.39, 0.29) is 7.43 Å². The summed E-state index contributed by atoms with van der Waals surface area (Å²) in [5, 5.41) is 0. The van der Waals surface area contributed by atoms with Crippen molar-refractivity contribution in [2.75, 3.05) is 0 Å². The Labute approximate surface area is 83.0 Å². The number of hydrogen-bond donors (Lipinski definition) is 0. The summed E-state index contributed by atoms with van der Waals surface area (Å²) in [6.07, 6.45) is 0. The number of rotatable bonds is 1. The van der Waals surface area contributed by atoms with Gasteiger partial charge in [0.05, 0.1) is 0 Å². The molecule has 1 aromatic carbocycles. The van der Waals surface area contributed by atoms with Gasteiger partial charge in [-0.3, -0.25) is 0 Å². The Morgan fingerprint density at radius 3 is 1.85 bits per heavy atom. The Kier molecular flexibility index (Phi) is 4.19. The van der Waals surface area contributed by atoms with Crippen molar-refractivity contribution in [3.63, 3.8) is 0 Å². The second-order valence-electron chi connectivity index (χ2n) is 4.50. The molecule has 0 fully saturated rings. The first-order chi connectivity index (χ1) is 5.52. The summed E-state index contributed by atoms with van der Waals surface area (Å²) in [5.41, 5.74) is 1.80. The van der Waals surface area contributed by atoms with Crippen LogP contribution in [-0.4, -0.2) is 0 Å². The normalized spacial score (nSPS) is 13.2. The molecule has 0 heteroatoms. The van der Waals surface area contributed by atoms with Crippen LogP contribution in [0.2, 0.25) is 0 Å². The zero-order valence-electron chi connectivity index (χ0n) is 8.46. The molecule has 0 saturated heterocycles.